The fourth-order valence-electron chi connectivity index (χ4n) is 4.17. The molecule has 9 heteroatoms. The van der Waals surface area contributed by atoms with Crippen LogP contribution in [0.25, 0.3) is 11.4 Å². The lowest BCUT2D eigenvalue weighted by Gasteiger charge is -2.23. The number of amides is 1. The highest BCUT2D eigenvalue weighted by Gasteiger charge is 2.21. The van der Waals surface area contributed by atoms with E-state index in [4.69, 9.17) is 9.26 Å². The quantitative estimate of drug-likeness (QED) is 0.434. The number of pyridine rings is 1. The van der Waals surface area contributed by atoms with Gasteiger partial charge in [-0.15, -0.1) is 0 Å². The molecule has 1 aliphatic heterocycles. The van der Waals surface area contributed by atoms with Crippen molar-refractivity contribution >= 4 is 17.7 Å². The van der Waals surface area contributed by atoms with Crippen molar-refractivity contribution in [2.45, 2.75) is 46.0 Å². The van der Waals surface area contributed by atoms with Gasteiger partial charge in [-0.3, -0.25) is 4.79 Å². The zero-order valence-electron chi connectivity index (χ0n) is 21.1. The lowest BCUT2D eigenvalue weighted by molar-refractivity contribution is -0.131. The van der Waals surface area contributed by atoms with E-state index in [1.165, 1.54) is 5.56 Å². The van der Waals surface area contributed by atoms with Gasteiger partial charge in [-0.1, -0.05) is 43.3 Å². The van der Waals surface area contributed by atoms with Gasteiger partial charge >= 0.3 is 5.97 Å². The third-order valence-corrected chi connectivity index (χ3v) is 6.29. The van der Waals surface area contributed by atoms with Crippen LogP contribution in [0.1, 0.15) is 61.3 Å². The molecule has 0 N–H and O–H groups in total. The molecule has 190 valence electrons. The molecule has 1 fully saturated rings. The highest BCUT2D eigenvalue weighted by Crippen LogP contribution is 2.21. The number of carbonyl (C=O) groups is 2. The Morgan fingerprint density at radius 2 is 1.86 bits per heavy atom. The Bertz CT molecular complexity index is 1160. The van der Waals surface area contributed by atoms with Crippen LogP contribution in [-0.4, -0.2) is 64.7 Å². The van der Waals surface area contributed by atoms with Gasteiger partial charge in [-0.25, -0.2) is 9.78 Å². The first-order chi connectivity index (χ1) is 17.4. The lowest BCUT2D eigenvalue weighted by atomic mass is 10.0. The SMILES string of the molecule is CCOC(=O)c1ccc(N2CCCN(C(=O)CCc3nc(-c4ccc(C(C)C)cc4)no3)CC2)nc1. The van der Waals surface area contributed by atoms with Crippen molar-refractivity contribution < 1.29 is 18.8 Å². The van der Waals surface area contributed by atoms with Gasteiger partial charge in [0.05, 0.1) is 12.2 Å². The summed E-state index contributed by atoms with van der Waals surface area (Å²) < 4.78 is 10.4. The molecule has 2 aromatic heterocycles. The van der Waals surface area contributed by atoms with Crippen LogP contribution in [0.4, 0.5) is 5.82 Å². The Morgan fingerprint density at radius 1 is 1.06 bits per heavy atom. The van der Waals surface area contributed by atoms with Gasteiger partial charge in [0.1, 0.15) is 5.82 Å². The van der Waals surface area contributed by atoms with Crippen molar-refractivity contribution in [3.8, 4) is 11.4 Å². The summed E-state index contributed by atoms with van der Waals surface area (Å²) in [4.78, 5) is 37.6. The van der Waals surface area contributed by atoms with Crippen molar-refractivity contribution in [3.05, 3.63) is 59.6 Å². The van der Waals surface area contributed by atoms with Gasteiger partial charge in [0, 0.05) is 50.8 Å². The maximum atomic E-state index is 12.9. The summed E-state index contributed by atoms with van der Waals surface area (Å²) in [6, 6.07) is 11.7. The van der Waals surface area contributed by atoms with Gasteiger partial charge in [-0.05, 0) is 37.0 Å². The topological polar surface area (TPSA) is 102 Å². The summed E-state index contributed by atoms with van der Waals surface area (Å²) in [7, 11) is 0. The third-order valence-electron chi connectivity index (χ3n) is 6.29. The Labute approximate surface area is 211 Å². The minimum atomic E-state index is -0.374. The minimum absolute atomic E-state index is 0.0727. The standard InChI is InChI=1S/C27H33N5O4/c1-4-35-27(34)22-10-11-23(28-18-22)31-14-5-15-32(17-16-31)25(33)13-12-24-29-26(30-36-24)21-8-6-20(7-9-21)19(2)3/h6-11,18-19H,4-5,12-17H2,1-3H3. The van der Waals surface area contributed by atoms with Gasteiger partial charge in [0.2, 0.25) is 17.6 Å². The van der Waals surface area contributed by atoms with E-state index in [1.807, 2.05) is 23.1 Å². The summed E-state index contributed by atoms with van der Waals surface area (Å²) in [6.07, 6.45) is 3.11. The van der Waals surface area contributed by atoms with Gasteiger partial charge in [0.25, 0.3) is 0 Å². The molecule has 0 radical (unpaired) electrons. The third kappa shape index (κ3) is 6.27. The van der Waals surface area contributed by atoms with Crippen molar-refractivity contribution in [1.82, 2.24) is 20.0 Å². The number of esters is 1. The number of aromatic nitrogens is 3. The summed E-state index contributed by atoms with van der Waals surface area (Å²) in [5.41, 5.74) is 2.59. The van der Waals surface area contributed by atoms with E-state index in [1.54, 1.807) is 19.2 Å². The first-order valence-electron chi connectivity index (χ1n) is 12.5. The molecule has 0 bridgehead atoms. The van der Waals surface area contributed by atoms with Crippen LogP contribution in [0.2, 0.25) is 0 Å². The Kier molecular flexibility index (Phi) is 8.30. The van der Waals surface area contributed by atoms with Crippen LogP contribution in [0.5, 0.6) is 0 Å². The van der Waals surface area contributed by atoms with Gasteiger partial charge in [-0.2, -0.15) is 4.98 Å². The van der Waals surface area contributed by atoms with E-state index in [0.717, 1.165) is 24.3 Å². The highest BCUT2D eigenvalue weighted by molar-refractivity contribution is 5.89. The van der Waals surface area contributed by atoms with Gasteiger partial charge in [0.15, 0.2) is 0 Å². The zero-order chi connectivity index (χ0) is 25.5. The van der Waals surface area contributed by atoms with Crippen LogP contribution in [0, 0.1) is 0 Å². The summed E-state index contributed by atoms with van der Waals surface area (Å²) in [6.45, 7) is 9.17. The van der Waals surface area contributed by atoms with Crippen molar-refractivity contribution in [3.63, 3.8) is 0 Å². The number of rotatable bonds is 8. The molecule has 4 rings (SSSR count). The maximum Gasteiger partial charge on any atom is 0.339 e. The fraction of sp³-hybridized carbons (Fsp3) is 0.444. The van der Waals surface area contributed by atoms with E-state index in [0.29, 0.717) is 62.3 Å². The number of hydrogen-bond donors (Lipinski definition) is 0. The number of ether oxygens (including phenoxy) is 1. The molecule has 0 spiro atoms. The number of anilines is 1. The zero-order valence-corrected chi connectivity index (χ0v) is 21.1. The molecular weight excluding hydrogens is 458 g/mol. The van der Waals surface area contributed by atoms with Gasteiger partial charge < -0.3 is 19.1 Å². The molecule has 36 heavy (non-hydrogen) atoms. The predicted molar refractivity (Wildman–Crippen MR) is 136 cm³/mol. The number of aryl methyl sites for hydroxylation is 1. The largest absolute Gasteiger partial charge is 0.462 e. The summed E-state index contributed by atoms with van der Waals surface area (Å²) >= 11 is 0. The molecular formula is C27H33N5O4. The van der Waals surface area contributed by atoms with Crippen molar-refractivity contribution in [2.75, 3.05) is 37.7 Å². The second kappa shape index (κ2) is 11.8. The summed E-state index contributed by atoms with van der Waals surface area (Å²) in [5, 5.41) is 4.08. The average Bonchev–Trinajstić information content (AvgIpc) is 3.23. The van der Waals surface area contributed by atoms with E-state index < -0.39 is 0 Å². The molecule has 0 saturated carbocycles. The number of nitrogens with zero attached hydrogens (tertiary/aromatic N) is 5. The van der Waals surface area contributed by atoms with Crippen molar-refractivity contribution in [2.24, 2.45) is 0 Å². The minimum Gasteiger partial charge on any atom is -0.462 e. The van der Waals surface area contributed by atoms with Crippen LogP contribution in [-0.2, 0) is 16.0 Å². The first kappa shape index (κ1) is 25.3. The van der Waals surface area contributed by atoms with Crippen LogP contribution >= 0.6 is 0 Å². The van der Waals surface area contributed by atoms with E-state index in [-0.39, 0.29) is 11.9 Å². The van der Waals surface area contributed by atoms with Crippen molar-refractivity contribution in [1.29, 1.82) is 0 Å². The first-order valence-corrected chi connectivity index (χ1v) is 12.5. The van der Waals surface area contributed by atoms with Crippen LogP contribution in [0.15, 0.2) is 47.1 Å². The summed E-state index contributed by atoms with van der Waals surface area (Å²) in [5.74, 6) is 1.96. The number of hydrogen-bond acceptors (Lipinski definition) is 8. The fourth-order valence-corrected chi connectivity index (χ4v) is 4.17. The molecule has 1 aromatic carbocycles. The Hall–Kier alpha value is -3.75. The maximum absolute atomic E-state index is 12.9. The Morgan fingerprint density at radius 3 is 2.56 bits per heavy atom. The van der Waals surface area contributed by atoms with Crippen LogP contribution in [0.3, 0.4) is 0 Å². The molecule has 0 unspecified atom stereocenters. The highest BCUT2D eigenvalue weighted by atomic mass is 16.5. The monoisotopic (exact) mass is 491 g/mol. The van der Waals surface area contributed by atoms with Crippen LogP contribution < -0.4 is 4.90 Å². The average molecular weight is 492 g/mol. The second-order valence-electron chi connectivity index (χ2n) is 9.14. The predicted octanol–water partition coefficient (Wildman–Crippen LogP) is 4.10. The second-order valence-corrected chi connectivity index (χ2v) is 9.14. The number of carbonyl (C=O) groups excluding carboxylic acids is 2. The molecule has 1 aliphatic rings. The molecule has 0 atom stereocenters. The van der Waals surface area contributed by atoms with E-state index >= 15 is 0 Å². The molecule has 9 nitrogen and oxygen atoms in total. The molecule has 1 amide bonds. The normalized spacial score (nSPS) is 14.1. The smallest absolute Gasteiger partial charge is 0.339 e. The lowest BCUT2D eigenvalue weighted by Crippen LogP contribution is -2.35. The molecule has 1 saturated heterocycles. The Balaban J connectivity index is 1.28. The molecule has 3 heterocycles. The molecule has 3 aromatic rings. The molecule has 0 aliphatic carbocycles. The number of benzene rings is 1. The van der Waals surface area contributed by atoms with E-state index in [2.05, 4.69) is 46.0 Å². The van der Waals surface area contributed by atoms with E-state index in [9.17, 15) is 9.59 Å².